The Balaban J connectivity index is 1.44. The van der Waals surface area contributed by atoms with Crippen LogP contribution < -0.4 is 5.32 Å². The van der Waals surface area contributed by atoms with E-state index in [2.05, 4.69) is 5.32 Å². The van der Waals surface area contributed by atoms with Crippen LogP contribution >= 0.6 is 0 Å². The third kappa shape index (κ3) is 2.76. The zero-order chi connectivity index (χ0) is 8.23. The van der Waals surface area contributed by atoms with E-state index in [-0.39, 0.29) is 0 Å². The molecule has 0 aromatic rings. The lowest BCUT2D eigenvalue weighted by atomic mass is 10.2. The van der Waals surface area contributed by atoms with Crippen molar-refractivity contribution >= 4 is 0 Å². The van der Waals surface area contributed by atoms with E-state index in [0.717, 1.165) is 19.1 Å². The zero-order valence-corrected chi connectivity index (χ0v) is 7.72. The summed E-state index contributed by atoms with van der Waals surface area (Å²) < 4.78 is 5.54. The fourth-order valence-electron chi connectivity index (χ4n) is 1.76. The van der Waals surface area contributed by atoms with Crippen LogP contribution in [0.2, 0.25) is 0 Å². The quantitative estimate of drug-likeness (QED) is 0.631. The van der Waals surface area contributed by atoms with E-state index < -0.39 is 0 Å². The largest absolute Gasteiger partial charge is 0.378 e. The number of hydrogen-bond donors (Lipinski definition) is 1. The van der Waals surface area contributed by atoms with Crippen LogP contribution in [0.1, 0.15) is 32.1 Å². The van der Waals surface area contributed by atoms with E-state index in [0.29, 0.717) is 6.10 Å². The highest BCUT2D eigenvalue weighted by molar-refractivity contribution is 4.75. The van der Waals surface area contributed by atoms with Crippen LogP contribution in [0.5, 0.6) is 0 Å². The molecule has 2 aliphatic rings. The van der Waals surface area contributed by atoms with Gasteiger partial charge >= 0.3 is 0 Å². The first-order valence-electron chi connectivity index (χ1n) is 5.27. The van der Waals surface area contributed by atoms with Crippen molar-refractivity contribution in [3.63, 3.8) is 0 Å². The second kappa shape index (κ2) is 4.24. The van der Waals surface area contributed by atoms with Crippen molar-refractivity contribution in [2.45, 2.75) is 38.2 Å². The number of hydrogen-bond acceptors (Lipinski definition) is 2. The summed E-state index contributed by atoms with van der Waals surface area (Å²) in [5.41, 5.74) is 0. The standard InChI is InChI=1S/C10H19NO/c1-2-10(12-7-1)5-6-11-8-9-3-4-9/h9-11H,1-8H2. The zero-order valence-electron chi connectivity index (χ0n) is 7.72. The maximum absolute atomic E-state index is 5.54. The van der Waals surface area contributed by atoms with Crippen molar-refractivity contribution in [2.75, 3.05) is 19.7 Å². The van der Waals surface area contributed by atoms with Crippen molar-refractivity contribution in [1.82, 2.24) is 5.32 Å². The lowest BCUT2D eigenvalue weighted by molar-refractivity contribution is 0.104. The van der Waals surface area contributed by atoms with Crippen molar-refractivity contribution in [3.05, 3.63) is 0 Å². The van der Waals surface area contributed by atoms with Gasteiger partial charge < -0.3 is 10.1 Å². The highest BCUT2D eigenvalue weighted by Gasteiger charge is 2.20. The molecule has 1 unspecified atom stereocenters. The van der Waals surface area contributed by atoms with Crippen LogP contribution in [0.25, 0.3) is 0 Å². The SMILES string of the molecule is C1COC(CCNCC2CC2)C1. The normalized spacial score (nSPS) is 29.5. The van der Waals surface area contributed by atoms with E-state index in [1.807, 2.05) is 0 Å². The van der Waals surface area contributed by atoms with E-state index >= 15 is 0 Å². The Morgan fingerprint density at radius 3 is 2.83 bits per heavy atom. The molecule has 0 aromatic heterocycles. The van der Waals surface area contributed by atoms with E-state index in [1.54, 1.807) is 0 Å². The minimum Gasteiger partial charge on any atom is -0.378 e. The molecule has 1 saturated carbocycles. The van der Waals surface area contributed by atoms with Crippen LogP contribution in [0.15, 0.2) is 0 Å². The van der Waals surface area contributed by atoms with Crippen molar-refractivity contribution < 1.29 is 4.74 Å². The predicted molar refractivity (Wildman–Crippen MR) is 49.2 cm³/mol. The molecule has 2 fully saturated rings. The van der Waals surface area contributed by atoms with Gasteiger partial charge in [-0.15, -0.1) is 0 Å². The van der Waals surface area contributed by atoms with Gasteiger partial charge in [-0.25, -0.2) is 0 Å². The summed E-state index contributed by atoms with van der Waals surface area (Å²) in [4.78, 5) is 0. The smallest absolute Gasteiger partial charge is 0.0588 e. The third-order valence-corrected chi connectivity index (χ3v) is 2.80. The van der Waals surface area contributed by atoms with Crippen molar-refractivity contribution in [3.8, 4) is 0 Å². The van der Waals surface area contributed by atoms with E-state index in [1.165, 1.54) is 38.6 Å². The molecule has 0 spiro atoms. The van der Waals surface area contributed by atoms with Gasteiger partial charge in [0.2, 0.25) is 0 Å². The first-order valence-corrected chi connectivity index (χ1v) is 5.27. The summed E-state index contributed by atoms with van der Waals surface area (Å²) in [6, 6.07) is 0. The molecular formula is C10H19NO. The van der Waals surface area contributed by atoms with Crippen LogP contribution in [0, 0.1) is 5.92 Å². The van der Waals surface area contributed by atoms with Crippen LogP contribution in [-0.2, 0) is 4.74 Å². The Hall–Kier alpha value is -0.0800. The van der Waals surface area contributed by atoms with E-state index in [9.17, 15) is 0 Å². The first-order chi connectivity index (χ1) is 5.95. The Labute approximate surface area is 74.7 Å². The molecule has 2 heteroatoms. The molecule has 0 radical (unpaired) electrons. The van der Waals surface area contributed by atoms with Gasteiger partial charge in [-0.1, -0.05) is 0 Å². The summed E-state index contributed by atoms with van der Waals surface area (Å²) in [5.74, 6) is 1.01. The Kier molecular flexibility index (Phi) is 3.01. The van der Waals surface area contributed by atoms with Gasteiger partial charge in [0, 0.05) is 6.61 Å². The molecule has 0 aromatic carbocycles. The average Bonchev–Trinajstić information content (AvgIpc) is 2.76. The molecule has 1 aliphatic carbocycles. The molecule has 1 atom stereocenters. The number of ether oxygens (including phenoxy) is 1. The maximum Gasteiger partial charge on any atom is 0.0588 e. The molecule has 0 amide bonds. The molecule has 2 rings (SSSR count). The van der Waals surface area contributed by atoms with Crippen LogP contribution in [0.4, 0.5) is 0 Å². The van der Waals surface area contributed by atoms with Gasteiger partial charge in [0.25, 0.3) is 0 Å². The fraction of sp³-hybridized carbons (Fsp3) is 1.00. The van der Waals surface area contributed by atoms with Crippen molar-refractivity contribution in [1.29, 1.82) is 0 Å². The van der Waals surface area contributed by atoms with Gasteiger partial charge in [0.15, 0.2) is 0 Å². The second-order valence-electron chi connectivity index (χ2n) is 4.07. The molecule has 12 heavy (non-hydrogen) atoms. The summed E-state index contributed by atoms with van der Waals surface area (Å²) in [7, 11) is 0. The number of nitrogens with one attached hydrogen (secondary N) is 1. The van der Waals surface area contributed by atoms with Crippen LogP contribution in [-0.4, -0.2) is 25.8 Å². The lowest BCUT2D eigenvalue weighted by Crippen LogP contribution is -2.22. The van der Waals surface area contributed by atoms with Gasteiger partial charge in [-0.2, -0.15) is 0 Å². The molecule has 1 aliphatic heterocycles. The highest BCUT2D eigenvalue weighted by atomic mass is 16.5. The number of rotatable bonds is 5. The molecular weight excluding hydrogens is 150 g/mol. The lowest BCUT2D eigenvalue weighted by Gasteiger charge is -2.09. The molecule has 1 N–H and O–H groups in total. The summed E-state index contributed by atoms with van der Waals surface area (Å²) in [6.07, 6.45) is 7.24. The summed E-state index contributed by atoms with van der Waals surface area (Å²) >= 11 is 0. The average molecular weight is 169 g/mol. The molecule has 70 valence electrons. The van der Waals surface area contributed by atoms with Gasteiger partial charge in [-0.05, 0) is 51.1 Å². The molecule has 2 nitrogen and oxygen atoms in total. The highest BCUT2D eigenvalue weighted by Crippen LogP contribution is 2.27. The molecule has 1 heterocycles. The minimum atomic E-state index is 0.566. The Morgan fingerprint density at radius 1 is 1.25 bits per heavy atom. The first kappa shape index (κ1) is 8.52. The summed E-state index contributed by atoms with van der Waals surface area (Å²) in [5, 5.41) is 3.49. The Bertz CT molecular complexity index is 128. The van der Waals surface area contributed by atoms with Crippen molar-refractivity contribution in [2.24, 2.45) is 5.92 Å². The Morgan fingerprint density at radius 2 is 2.17 bits per heavy atom. The van der Waals surface area contributed by atoms with Gasteiger partial charge in [0.1, 0.15) is 0 Å². The topological polar surface area (TPSA) is 21.3 Å². The maximum atomic E-state index is 5.54. The summed E-state index contributed by atoms with van der Waals surface area (Å²) in [6.45, 7) is 3.39. The predicted octanol–water partition coefficient (Wildman–Crippen LogP) is 1.56. The minimum absolute atomic E-state index is 0.566. The van der Waals surface area contributed by atoms with Gasteiger partial charge in [0.05, 0.1) is 6.10 Å². The van der Waals surface area contributed by atoms with Crippen LogP contribution in [0.3, 0.4) is 0 Å². The molecule has 1 saturated heterocycles. The van der Waals surface area contributed by atoms with Gasteiger partial charge in [-0.3, -0.25) is 0 Å². The molecule has 0 bridgehead atoms. The fourth-order valence-corrected chi connectivity index (χ4v) is 1.76. The monoisotopic (exact) mass is 169 g/mol. The van der Waals surface area contributed by atoms with E-state index in [4.69, 9.17) is 4.74 Å². The second-order valence-corrected chi connectivity index (χ2v) is 4.07. The third-order valence-electron chi connectivity index (χ3n) is 2.80.